The smallest absolute Gasteiger partial charge is 0.346 e. The summed E-state index contributed by atoms with van der Waals surface area (Å²) in [6.07, 6.45) is 1.31. The second kappa shape index (κ2) is 7.61. The van der Waals surface area contributed by atoms with E-state index in [0.717, 1.165) is 15.6 Å². The van der Waals surface area contributed by atoms with Crippen molar-refractivity contribution in [1.29, 1.82) is 5.26 Å². The van der Waals surface area contributed by atoms with Gasteiger partial charge in [-0.2, -0.15) is 5.26 Å². The number of hydrogen-bond donors (Lipinski definition) is 1. The van der Waals surface area contributed by atoms with Gasteiger partial charge < -0.3 is 9.84 Å². The highest BCUT2D eigenvalue weighted by Gasteiger charge is 2.10. The van der Waals surface area contributed by atoms with Gasteiger partial charge in [0.2, 0.25) is 0 Å². The Hall–Kier alpha value is -2.58. The Morgan fingerprint density at radius 2 is 2.09 bits per heavy atom. The number of carboxylic acids is 1. The molecule has 0 radical (unpaired) electrons. The predicted octanol–water partition coefficient (Wildman–Crippen LogP) is 4.33. The molecule has 0 atom stereocenters. The number of aryl methyl sites for hydroxylation is 1. The van der Waals surface area contributed by atoms with E-state index in [-0.39, 0.29) is 5.57 Å². The van der Waals surface area contributed by atoms with Crippen LogP contribution in [-0.2, 0) is 11.4 Å². The second-order valence-electron chi connectivity index (χ2n) is 4.87. The van der Waals surface area contributed by atoms with E-state index in [4.69, 9.17) is 15.1 Å². The summed E-state index contributed by atoms with van der Waals surface area (Å²) in [4.78, 5) is 11.0. The van der Waals surface area contributed by atoms with Crippen LogP contribution in [0.15, 0.2) is 52.5 Å². The fraction of sp³-hybridized carbons (Fsp3) is 0.111. The molecule has 23 heavy (non-hydrogen) atoms. The van der Waals surface area contributed by atoms with Crippen molar-refractivity contribution in [1.82, 2.24) is 0 Å². The Bertz CT molecular complexity index is 806. The van der Waals surface area contributed by atoms with E-state index < -0.39 is 5.97 Å². The SMILES string of the molecule is Cc1ccccc1COc1ccc(Br)cc1C=C(C#N)C(=O)O. The Morgan fingerprint density at radius 3 is 2.74 bits per heavy atom. The van der Waals surface area contributed by atoms with Crippen LogP contribution >= 0.6 is 15.9 Å². The van der Waals surface area contributed by atoms with E-state index in [1.807, 2.05) is 31.2 Å². The molecule has 2 rings (SSSR count). The fourth-order valence-electron chi connectivity index (χ4n) is 1.99. The van der Waals surface area contributed by atoms with Gasteiger partial charge in [0, 0.05) is 10.0 Å². The van der Waals surface area contributed by atoms with E-state index in [2.05, 4.69) is 15.9 Å². The zero-order chi connectivity index (χ0) is 16.8. The van der Waals surface area contributed by atoms with Crippen LogP contribution in [0.5, 0.6) is 5.75 Å². The molecule has 0 saturated heterocycles. The van der Waals surface area contributed by atoms with Crippen molar-refractivity contribution >= 4 is 28.0 Å². The maximum Gasteiger partial charge on any atom is 0.346 e. The van der Waals surface area contributed by atoms with Crippen molar-refractivity contribution in [2.75, 3.05) is 0 Å². The lowest BCUT2D eigenvalue weighted by Crippen LogP contribution is -2.01. The summed E-state index contributed by atoms with van der Waals surface area (Å²) >= 11 is 3.34. The molecule has 4 nitrogen and oxygen atoms in total. The van der Waals surface area contributed by atoms with Gasteiger partial charge in [-0.05, 0) is 42.3 Å². The summed E-state index contributed by atoms with van der Waals surface area (Å²) in [6.45, 7) is 2.36. The number of ether oxygens (including phenoxy) is 1. The van der Waals surface area contributed by atoms with Crippen LogP contribution in [0, 0.1) is 18.3 Å². The molecular formula is C18H14BrNO3. The first-order chi connectivity index (χ1) is 11.0. The van der Waals surface area contributed by atoms with E-state index in [0.29, 0.717) is 17.9 Å². The second-order valence-corrected chi connectivity index (χ2v) is 5.79. The lowest BCUT2D eigenvalue weighted by Gasteiger charge is -2.11. The number of carbonyl (C=O) groups is 1. The highest BCUT2D eigenvalue weighted by molar-refractivity contribution is 9.10. The molecule has 2 aromatic carbocycles. The molecule has 0 fully saturated rings. The molecule has 0 aliphatic carbocycles. The first kappa shape index (κ1) is 16.8. The van der Waals surface area contributed by atoms with Crippen LogP contribution in [0.3, 0.4) is 0 Å². The van der Waals surface area contributed by atoms with Gasteiger partial charge >= 0.3 is 5.97 Å². The van der Waals surface area contributed by atoms with Gasteiger partial charge in [-0.25, -0.2) is 4.79 Å². The topological polar surface area (TPSA) is 70.3 Å². The number of benzene rings is 2. The zero-order valence-electron chi connectivity index (χ0n) is 12.4. The highest BCUT2D eigenvalue weighted by Crippen LogP contribution is 2.26. The summed E-state index contributed by atoms with van der Waals surface area (Å²) in [5, 5.41) is 17.9. The molecule has 0 aromatic heterocycles. The van der Waals surface area contributed by atoms with Gasteiger partial charge in [0.05, 0.1) is 0 Å². The van der Waals surface area contributed by atoms with Crippen LogP contribution in [0.4, 0.5) is 0 Å². The normalized spacial score (nSPS) is 10.9. The van der Waals surface area contributed by atoms with Crippen molar-refractivity contribution in [3.8, 4) is 11.8 Å². The van der Waals surface area contributed by atoms with Gasteiger partial charge in [-0.1, -0.05) is 40.2 Å². The molecule has 1 N–H and O–H groups in total. The third-order valence-corrected chi connectivity index (χ3v) is 3.76. The highest BCUT2D eigenvalue weighted by atomic mass is 79.9. The standard InChI is InChI=1S/C18H14BrNO3/c1-12-4-2-3-5-13(12)11-23-17-7-6-16(19)9-14(17)8-15(10-20)18(21)22/h2-9H,11H2,1H3,(H,21,22). The average Bonchev–Trinajstić information content (AvgIpc) is 2.52. The summed E-state index contributed by atoms with van der Waals surface area (Å²) in [6, 6.07) is 14.8. The average molecular weight is 372 g/mol. The summed E-state index contributed by atoms with van der Waals surface area (Å²) in [5.74, 6) is -0.747. The number of hydrogen-bond acceptors (Lipinski definition) is 3. The van der Waals surface area contributed by atoms with Crippen LogP contribution in [0.25, 0.3) is 6.08 Å². The Kier molecular flexibility index (Phi) is 5.56. The van der Waals surface area contributed by atoms with Crippen LogP contribution in [0.1, 0.15) is 16.7 Å². The molecule has 0 unspecified atom stereocenters. The van der Waals surface area contributed by atoms with E-state index in [1.165, 1.54) is 6.08 Å². The van der Waals surface area contributed by atoms with Crippen molar-refractivity contribution in [3.63, 3.8) is 0 Å². The molecule has 0 bridgehead atoms. The minimum Gasteiger partial charge on any atom is -0.488 e. The van der Waals surface area contributed by atoms with Crippen molar-refractivity contribution < 1.29 is 14.6 Å². The summed E-state index contributed by atoms with van der Waals surface area (Å²) in [5.41, 5.74) is 2.35. The number of nitrogens with zero attached hydrogens (tertiary/aromatic N) is 1. The molecule has 0 spiro atoms. The summed E-state index contributed by atoms with van der Waals surface area (Å²) in [7, 11) is 0. The van der Waals surface area contributed by atoms with Gasteiger partial charge in [0.25, 0.3) is 0 Å². The maximum atomic E-state index is 11.0. The van der Waals surface area contributed by atoms with Crippen LogP contribution in [-0.4, -0.2) is 11.1 Å². The maximum absolute atomic E-state index is 11.0. The minimum absolute atomic E-state index is 0.344. The van der Waals surface area contributed by atoms with Crippen molar-refractivity contribution in [3.05, 3.63) is 69.2 Å². The Labute approximate surface area is 142 Å². The van der Waals surface area contributed by atoms with Crippen LogP contribution < -0.4 is 4.74 Å². The largest absolute Gasteiger partial charge is 0.488 e. The van der Waals surface area contributed by atoms with Gasteiger partial charge in [-0.15, -0.1) is 0 Å². The number of nitriles is 1. The van der Waals surface area contributed by atoms with Gasteiger partial charge in [0.15, 0.2) is 0 Å². The lowest BCUT2D eigenvalue weighted by molar-refractivity contribution is -0.132. The predicted molar refractivity (Wildman–Crippen MR) is 90.9 cm³/mol. The molecule has 116 valence electrons. The summed E-state index contributed by atoms with van der Waals surface area (Å²) < 4.78 is 6.59. The number of aliphatic carboxylic acids is 1. The monoisotopic (exact) mass is 371 g/mol. The molecule has 0 saturated carbocycles. The van der Waals surface area contributed by atoms with Gasteiger partial charge in [-0.3, -0.25) is 0 Å². The van der Waals surface area contributed by atoms with E-state index in [9.17, 15) is 4.79 Å². The van der Waals surface area contributed by atoms with Crippen molar-refractivity contribution in [2.45, 2.75) is 13.5 Å². The molecular weight excluding hydrogens is 358 g/mol. The first-order valence-corrected chi connectivity index (χ1v) is 7.62. The van der Waals surface area contributed by atoms with Gasteiger partial charge in [0.1, 0.15) is 24.0 Å². The third-order valence-electron chi connectivity index (χ3n) is 3.27. The molecule has 0 aliphatic heterocycles. The molecule has 0 heterocycles. The molecule has 5 heteroatoms. The van der Waals surface area contributed by atoms with Crippen LogP contribution in [0.2, 0.25) is 0 Å². The minimum atomic E-state index is -1.27. The molecule has 2 aromatic rings. The number of halogens is 1. The van der Waals surface area contributed by atoms with E-state index >= 15 is 0 Å². The fourth-order valence-corrected chi connectivity index (χ4v) is 2.37. The Morgan fingerprint density at radius 1 is 1.35 bits per heavy atom. The molecule has 0 aliphatic rings. The van der Waals surface area contributed by atoms with Crippen molar-refractivity contribution in [2.24, 2.45) is 0 Å². The Balaban J connectivity index is 2.31. The molecule has 0 amide bonds. The zero-order valence-corrected chi connectivity index (χ0v) is 14.0. The number of rotatable bonds is 5. The third kappa shape index (κ3) is 4.44. The number of carboxylic acid groups (broad SMARTS) is 1. The quantitative estimate of drug-likeness (QED) is 0.627. The lowest BCUT2D eigenvalue weighted by atomic mass is 10.1. The van der Waals surface area contributed by atoms with E-state index in [1.54, 1.807) is 24.3 Å². The first-order valence-electron chi connectivity index (χ1n) is 6.83.